The molecular weight excluding hydrogens is 284 g/mol. The Balaban J connectivity index is 1.74. The second-order valence-corrected chi connectivity index (χ2v) is 6.52. The van der Waals surface area contributed by atoms with Crippen molar-refractivity contribution in [1.82, 2.24) is 4.98 Å². The second-order valence-electron chi connectivity index (χ2n) is 6.52. The summed E-state index contributed by atoms with van der Waals surface area (Å²) < 4.78 is 0. The zero-order valence-corrected chi connectivity index (χ0v) is 13.4. The summed E-state index contributed by atoms with van der Waals surface area (Å²) in [5.41, 5.74) is 4.98. The number of rotatable bonds is 3. The maximum absolute atomic E-state index is 13.0. The van der Waals surface area contributed by atoms with Gasteiger partial charge in [0.05, 0.1) is 5.41 Å². The van der Waals surface area contributed by atoms with Crippen molar-refractivity contribution in [1.29, 1.82) is 0 Å². The Morgan fingerprint density at radius 1 is 1.04 bits per heavy atom. The summed E-state index contributed by atoms with van der Waals surface area (Å²) in [4.78, 5) is 16.4. The summed E-state index contributed by atoms with van der Waals surface area (Å²) in [5.74, 6) is 0.111. The lowest BCUT2D eigenvalue weighted by atomic mass is 9.92. The summed E-state index contributed by atoms with van der Waals surface area (Å²) in [6.45, 7) is 4.09. The molecule has 3 aromatic rings. The van der Waals surface area contributed by atoms with Crippen LogP contribution in [0.5, 0.6) is 0 Å². The molecule has 0 aliphatic heterocycles. The van der Waals surface area contributed by atoms with Crippen LogP contribution in [0.2, 0.25) is 0 Å². The van der Waals surface area contributed by atoms with Crippen LogP contribution in [-0.4, -0.2) is 10.9 Å². The molecule has 0 spiro atoms. The van der Waals surface area contributed by atoms with E-state index in [1.807, 2.05) is 43.3 Å². The smallest absolute Gasteiger partial charge is 0.235 e. The van der Waals surface area contributed by atoms with Crippen LogP contribution in [0.4, 0.5) is 5.69 Å². The quantitative estimate of drug-likeness (QED) is 0.737. The number of carbonyl (C=O) groups excluding carboxylic acids is 1. The van der Waals surface area contributed by atoms with Crippen LogP contribution >= 0.6 is 0 Å². The summed E-state index contributed by atoms with van der Waals surface area (Å²) in [7, 11) is 0. The van der Waals surface area contributed by atoms with Crippen molar-refractivity contribution in [3.63, 3.8) is 0 Å². The number of hydrogen-bond acceptors (Lipinski definition) is 1. The van der Waals surface area contributed by atoms with E-state index in [0.717, 1.165) is 35.3 Å². The molecule has 1 fully saturated rings. The van der Waals surface area contributed by atoms with Gasteiger partial charge in [-0.15, -0.1) is 0 Å². The standard InChI is InChI=1S/C20H20N2O/c1-13-7-3-5-9-16(13)22-19(23)20(11-12-20)18-14(2)21-17-10-6-4-8-15(17)18/h3-10,21H,11-12H2,1-2H3,(H,22,23). The van der Waals surface area contributed by atoms with Crippen LogP contribution < -0.4 is 5.32 Å². The minimum absolute atomic E-state index is 0.111. The fourth-order valence-corrected chi connectivity index (χ4v) is 3.56. The molecule has 1 aliphatic carbocycles. The van der Waals surface area contributed by atoms with E-state index in [-0.39, 0.29) is 11.3 Å². The molecule has 1 aliphatic rings. The zero-order chi connectivity index (χ0) is 16.0. The van der Waals surface area contributed by atoms with Gasteiger partial charge in [0, 0.05) is 22.3 Å². The van der Waals surface area contributed by atoms with E-state index >= 15 is 0 Å². The molecule has 2 N–H and O–H groups in total. The Morgan fingerprint density at radius 3 is 2.48 bits per heavy atom. The largest absolute Gasteiger partial charge is 0.358 e. The third-order valence-electron chi connectivity index (χ3n) is 4.95. The lowest BCUT2D eigenvalue weighted by molar-refractivity contribution is -0.118. The Hall–Kier alpha value is -2.55. The molecule has 0 saturated heterocycles. The minimum Gasteiger partial charge on any atom is -0.358 e. The number of anilines is 1. The fourth-order valence-electron chi connectivity index (χ4n) is 3.56. The van der Waals surface area contributed by atoms with Gasteiger partial charge >= 0.3 is 0 Å². The van der Waals surface area contributed by atoms with E-state index in [1.165, 1.54) is 10.9 Å². The van der Waals surface area contributed by atoms with Crippen molar-refractivity contribution >= 4 is 22.5 Å². The monoisotopic (exact) mass is 304 g/mol. The maximum atomic E-state index is 13.0. The minimum atomic E-state index is -0.383. The first-order chi connectivity index (χ1) is 11.1. The Kier molecular flexibility index (Phi) is 3.05. The average molecular weight is 304 g/mol. The second kappa shape index (κ2) is 4.98. The van der Waals surface area contributed by atoms with Crippen molar-refractivity contribution in [3.05, 3.63) is 65.4 Å². The van der Waals surface area contributed by atoms with Crippen molar-refractivity contribution < 1.29 is 4.79 Å². The highest BCUT2D eigenvalue weighted by molar-refractivity contribution is 6.05. The van der Waals surface area contributed by atoms with E-state index in [0.29, 0.717) is 0 Å². The molecule has 0 atom stereocenters. The van der Waals surface area contributed by atoms with Crippen LogP contribution in [0.3, 0.4) is 0 Å². The first kappa shape index (κ1) is 14.1. The zero-order valence-electron chi connectivity index (χ0n) is 13.4. The predicted octanol–water partition coefficient (Wildman–Crippen LogP) is 4.46. The number of para-hydroxylation sites is 2. The van der Waals surface area contributed by atoms with Gasteiger partial charge in [0.1, 0.15) is 0 Å². The van der Waals surface area contributed by atoms with Gasteiger partial charge in [-0.25, -0.2) is 0 Å². The number of fused-ring (bicyclic) bond motifs is 1. The molecule has 2 aromatic carbocycles. The first-order valence-corrected chi connectivity index (χ1v) is 8.07. The van der Waals surface area contributed by atoms with Gasteiger partial charge in [-0.1, -0.05) is 36.4 Å². The number of hydrogen-bond donors (Lipinski definition) is 2. The summed E-state index contributed by atoms with van der Waals surface area (Å²) >= 11 is 0. The van der Waals surface area contributed by atoms with E-state index in [2.05, 4.69) is 29.4 Å². The number of amides is 1. The van der Waals surface area contributed by atoms with Crippen LogP contribution in [0.25, 0.3) is 10.9 Å². The highest BCUT2D eigenvalue weighted by Crippen LogP contribution is 2.52. The molecule has 1 amide bonds. The molecule has 0 bridgehead atoms. The van der Waals surface area contributed by atoms with Crippen molar-refractivity contribution in [3.8, 4) is 0 Å². The number of H-pyrrole nitrogens is 1. The molecule has 4 rings (SSSR count). The lowest BCUT2D eigenvalue weighted by Crippen LogP contribution is -2.28. The van der Waals surface area contributed by atoms with Gasteiger partial charge in [0.25, 0.3) is 0 Å². The number of carbonyl (C=O) groups is 1. The molecule has 23 heavy (non-hydrogen) atoms. The number of nitrogens with one attached hydrogen (secondary N) is 2. The van der Waals surface area contributed by atoms with E-state index in [4.69, 9.17) is 0 Å². The predicted molar refractivity (Wildman–Crippen MR) is 93.8 cm³/mol. The van der Waals surface area contributed by atoms with E-state index < -0.39 is 0 Å². The third kappa shape index (κ3) is 2.15. The topological polar surface area (TPSA) is 44.9 Å². The van der Waals surface area contributed by atoms with Gasteiger partial charge < -0.3 is 10.3 Å². The summed E-state index contributed by atoms with van der Waals surface area (Å²) in [5, 5.41) is 4.31. The number of aromatic nitrogens is 1. The summed E-state index contributed by atoms with van der Waals surface area (Å²) in [6, 6.07) is 16.2. The van der Waals surface area contributed by atoms with Crippen LogP contribution in [0.1, 0.15) is 29.7 Å². The highest BCUT2D eigenvalue weighted by atomic mass is 16.2. The lowest BCUT2D eigenvalue weighted by Gasteiger charge is -2.17. The van der Waals surface area contributed by atoms with Gasteiger partial charge in [-0.3, -0.25) is 4.79 Å². The molecule has 1 saturated carbocycles. The molecule has 1 aromatic heterocycles. The van der Waals surface area contributed by atoms with Crippen LogP contribution in [0.15, 0.2) is 48.5 Å². The maximum Gasteiger partial charge on any atom is 0.235 e. The number of aromatic amines is 1. The first-order valence-electron chi connectivity index (χ1n) is 8.07. The molecule has 0 unspecified atom stereocenters. The Bertz CT molecular complexity index is 903. The molecule has 3 nitrogen and oxygen atoms in total. The molecule has 3 heteroatoms. The Morgan fingerprint density at radius 2 is 1.74 bits per heavy atom. The average Bonchev–Trinajstić information content (AvgIpc) is 3.26. The summed E-state index contributed by atoms with van der Waals surface area (Å²) in [6.07, 6.45) is 1.82. The highest BCUT2D eigenvalue weighted by Gasteiger charge is 2.53. The SMILES string of the molecule is Cc1ccccc1NC(=O)C1(c2c(C)[nH]c3ccccc23)CC1. The number of benzene rings is 2. The molecule has 1 heterocycles. The Labute approximate surface area is 135 Å². The van der Waals surface area contributed by atoms with Crippen LogP contribution in [-0.2, 0) is 10.2 Å². The third-order valence-corrected chi connectivity index (χ3v) is 4.95. The molecule has 0 radical (unpaired) electrons. The number of aryl methyl sites for hydroxylation is 2. The fraction of sp³-hybridized carbons (Fsp3) is 0.250. The van der Waals surface area contributed by atoms with Crippen LogP contribution in [0, 0.1) is 13.8 Å². The van der Waals surface area contributed by atoms with Gasteiger partial charge in [-0.05, 0) is 49.9 Å². The van der Waals surface area contributed by atoms with E-state index in [1.54, 1.807) is 0 Å². The molecular formula is C20H20N2O. The van der Waals surface area contributed by atoms with Gasteiger partial charge in [0.2, 0.25) is 5.91 Å². The van der Waals surface area contributed by atoms with Crippen molar-refractivity contribution in [2.75, 3.05) is 5.32 Å². The van der Waals surface area contributed by atoms with Gasteiger partial charge in [0.15, 0.2) is 0 Å². The van der Waals surface area contributed by atoms with Gasteiger partial charge in [-0.2, -0.15) is 0 Å². The normalized spacial score (nSPS) is 15.6. The van der Waals surface area contributed by atoms with Crippen molar-refractivity contribution in [2.24, 2.45) is 0 Å². The van der Waals surface area contributed by atoms with E-state index in [9.17, 15) is 4.79 Å². The van der Waals surface area contributed by atoms with Crippen molar-refractivity contribution in [2.45, 2.75) is 32.1 Å². The molecule has 116 valence electrons.